The molecule has 2 aromatic rings. The van der Waals surface area contributed by atoms with Gasteiger partial charge in [-0.1, -0.05) is 18.2 Å². The van der Waals surface area contributed by atoms with Gasteiger partial charge in [0.25, 0.3) is 17.5 Å². The fourth-order valence-electron chi connectivity index (χ4n) is 3.18. The summed E-state index contributed by atoms with van der Waals surface area (Å²) >= 11 is 0. The van der Waals surface area contributed by atoms with Gasteiger partial charge in [0.05, 0.1) is 29.7 Å². The van der Waals surface area contributed by atoms with Crippen molar-refractivity contribution in [3.63, 3.8) is 0 Å². The van der Waals surface area contributed by atoms with Gasteiger partial charge in [-0.25, -0.2) is 0 Å². The Bertz CT molecular complexity index is 1090. The zero-order chi connectivity index (χ0) is 24.0. The Labute approximate surface area is 187 Å². The van der Waals surface area contributed by atoms with Gasteiger partial charge in [0.15, 0.2) is 6.61 Å². The van der Waals surface area contributed by atoms with Crippen molar-refractivity contribution in [3.05, 3.63) is 64.2 Å². The lowest BCUT2D eigenvalue weighted by Gasteiger charge is -2.19. The first kappa shape index (κ1) is 23.2. The molecule has 1 saturated heterocycles. The van der Waals surface area contributed by atoms with E-state index in [1.54, 1.807) is 30.3 Å². The van der Waals surface area contributed by atoms with Crippen LogP contribution < -0.4 is 20.5 Å². The Kier molecular flexibility index (Phi) is 7.18. The van der Waals surface area contributed by atoms with Crippen LogP contribution in [-0.2, 0) is 19.1 Å². The number of benzene rings is 2. The number of non-ortho nitro benzene ring substituents is 1. The first-order chi connectivity index (χ1) is 15.8. The predicted molar refractivity (Wildman–Crippen MR) is 113 cm³/mol. The molecule has 0 unspecified atom stereocenters. The maximum atomic E-state index is 12.4. The van der Waals surface area contributed by atoms with Gasteiger partial charge in [-0.05, 0) is 18.2 Å². The number of hydrogen-bond donors (Lipinski definition) is 2. The predicted octanol–water partition coefficient (Wildman–Crippen LogP) is 0.961. The molecule has 33 heavy (non-hydrogen) atoms. The molecule has 1 aliphatic rings. The molecule has 0 spiro atoms. The van der Waals surface area contributed by atoms with E-state index in [0.29, 0.717) is 5.56 Å². The van der Waals surface area contributed by atoms with Gasteiger partial charge in [-0.2, -0.15) is 0 Å². The number of carbonyl (C=O) groups is 4. The number of nitro benzene ring substituents is 1. The molecule has 1 atom stereocenters. The quantitative estimate of drug-likeness (QED) is 0.354. The normalized spacial score (nSPS) is 15.0. The highest BCUT2D eigenvalue weighted by atomic mass is 16.6. The van der Waals surface area contributed by atoms with Gasteiger partial charge in [0.1, 0.15) is 5.75 Å². The van der Waals surface area contributed by atoms with Crippen LogP contribution in [0.1, 0.15) is 16.8 Å². The Balaban J connectivity index is 1.52. The van der Waals surface area contributed by atoms with Crippen LogP contribution in [0.2, 0.25) is 0 Å². The highest BCUT2D eigenvalue weighted by molar-refractivity contribution is 6.01. The first-order valence-electron chi connectivity index (χ1n) is 9.73. The molecule has 3 rings (SSSR count). The summed E-state index contributed by atoms with van der Waals surface area (Å²) in [5.41, 5.74) is 4.75. The van der Waals surface area contributed by atoms with Crippen molar-refractivity contribution in [2.45, 2.75) is 6.42 Å². The zero-order valence-corrected chi connectivity index (χ0v) is 17.5. The third-order valence-electron chi connectivity index (χ3n) is 4.82. The van der Waals surface area contributed by atoms with Crippen LogP contribution in [0.15, 0.2) is 48.5 Å². The number of amides is 3. The topological polar surface area (TPSA) is 157 Å². The summed E-state index contributed by atoms with van der Waals surface area (Å²) in [6.45, 7) is -0.697. The van der Waals surface area contributed by atoms with Crippen molar-refractivity contribution in [1.29, 1.82) is 0 Å². The smallest absolute Gasteiger partial charge is 0.311 e. The molecule has 0 saturated carbocycles. The second-order valence-electron chi connectivity index (χ2n) is 6.99. The van der Waals surface area contributed by atoms with E-state index >= 15 is 0 Å². The Morgan fingerprint density at radius 3 is 2.55 bits per heavy atom. The average Bonchev–Trinajstić information content (AvgIpc) is 3.22. The lowest BCUT2D eigenvalue weighted by molar-refractivity contribution is -0.384. The lowest BCUT2D eigenvalue weighted by atomic mass is 10.1. The number of methoxy groups -OCH3 is 1. The molecular formula is C21H20N4O8. The van der Waals surface area contributed by atoms with E-state index in [0.717, 1.165) is 0 Å². The minimum Gasteiger partial charge on any atom is -0.494 e. The Hall–Kier alpha value is -4.48. The summed E-state index contributed by atoms with van der Waals surface area (Å²) in [4.78, 5) is 60.1. The number of nitro groups is 1. The summed E-state index contributed by atoms with van der Waals surface area (Å²) in [6, 6.07) is 12.0. The molecule has 0 bridgehead atoms. The largest absolute Gasteiger partial charge is 0.494 e. The van der Waals surface area contributed by atoms with Crippen molar-refractivity contribution in [2.24, 2.45) is 5.92 Å². The SMILES string of the molecule is COc1cc([N+](=O)[O-])ccc1N1C[C@H](C(=O)OCC(=O)NNC(=O)c2ccccc2)CC1=O. The van der Waals surface area contributed by atoms with E-state index in [4.69, 9.17) is 9.47 Å². The molecule has 1 aliphatic heterocycles. The fraction of sp³-hybridized carbons (Fsp3) is 0.238. The monoisotopic (exact) mass is 456 g/mol. The van der Waals surface area contributed by atoms with Crippen molar-refractivity contribution in [3.8, 4) is 5.75 Å². The third kappa shape index (κ3) is 5.61. The van der Waals surface area contributed by atoms with Crippen LogP contribution in [0.3, 0.4) is 0 Å². The summed E-state index contributed by atoms with van der Waals surface area (Å²) in [5, 5.41) is 10.9. The standard InChI is InChI=1S/C21H20N4O8/c1-32-17-10-15(25(30)31)7-8-16(17)24-11-14(9-19(24)27)21(29)33-12-18(26)22-23-20(28)13-5-3-2-4-6-13/h2-8,10,14H,9,11-12H2,1H3,(H,22,26)(H,23,28)/t14-/m1/s1. The number of ether oxygens (including phenoxy) is 2. The molecule has 2 aromatic carbocycles. The number of carbonyl (C=O) groups excluding carboxylic acids is 4. The van der Waals surface area contributed by atoms with E-state index in [2.05, 4.69) is 10.9 Å². The third-order valence-corrected chi connectivity index (χ3v) is 4.82. The number of nitrogens with one attached hydrogen (secondary N) is 2. The summed E-state index contributed by atoms with van der Waals surface area (Å²) in [6.07, 6.45) is -0.161. The second-order valence-corrected chi connectivity index (χ2v) is 6.99. The number of hydrazine groups is 1. The highest BCUT2D eigenvalue weighted by Crippen LogP contribution is 2.35. The summed E-state index contributed by atoms with van der Waals surface area (Å²) in [7, 11) is 1.31. The minimum atomic E-state index is -0.843. The lowest BCUT2D eigenvalue weighted by Crippen LogP contribution is -2.43. The van der Waals surface area contributed by atoms with Crippen LogP contribution in [-0.4, -0.2) is 48.9 Å². The van der Waals surface area contributed by atoms with E-state index in [-0.39, 0.29) is 30.1 Å². The number of rotatable bonds is 7. The van der Waals surface area contributed by atoms with Crippen LogP contribution in [0.25, 0.3) is 0 Å². The first-order valence-corrected chi connectivity index (χ1v) is 9.73. The van der Waals surface area contributed by atoms with E-state index in [1.165, 1.54) is 30.2 Å². The molecular weight excluding hydrogens is 436 g/mol. The van der Waals surface area contributed by atoms with Crippen LogP contribution >= 0.6 is 0 Å². The van der Waals surface area contributed by atoms with Gasteiger partial charge in [-0.3, -0.25) is 40.1 Å². The van der Waals surface area contributed by atoms with Crippen LogP contribution in [0.4, 0.5) is 11.4 Å². The van der Waals surface area contributed by atoms with E-state index in [1.807, 2.05) is 0 Å². The minimum absolute atomic E-state index is 0.0435. The average molecular weight is 456 g/mol. The van der Waals surface area contributed by atoms with Gasteiger partial charge < -0.3 is 14.4 Å². The maximum absolute atomic E-state index is 12.4. The molecule has 0 radical (unpaired) electrons. The van der Waals surface area contributed by atoms with Crippen LogP contribution in [0, 0.1) is 16.0 Å². The molecule has 1 heterocycles. The molecule has 172 valence electrons. The van der Waals surface area contributed by atoms with Crippen molar-refractivity contribution < 1.29 is 33.6 Å². The van der Waals surface area contributed by atoms with E-state index < -0.39 is 41.1 Å². The number of anilines is 1. The molecule has 2 N–H and O–H groups in total. The van der Waals surface area contributed by atoms with Crippen molar-refractivity contribution in [2.75, 3.05) is 25.2 Å². The molecule has 12 heteroatoms. The molecule has 0 aliphatic carbocycles. The maximum Gasteiger partial charge on any atom is 0.311 e. The second kappa shape index (κ2) is 10.2. The molecule has 3 amide bonds. The Morgan fingerprint density at radius 2 is 1.88 bits per heavy atom. The van der Waals surface area contributed by atoms with Gasteiger partial charge in [0.2, 0.25) is 5.91 Å². The Morgan fingerprint density at radius 1 is 1.15 bits per heavy atom. The van der Waals surface area contributed by atoms with Crippen molar-refractivity contribution in [1.82, 2.24) is 10.9 Å². The molecule has 1 fully saturated rings. The number of hydrogen-bond acceptors (Lipinski definition) is 8. The summed E-state index contributed by atoms with van der Waals surface area (Å²) in [5.74, 6) is -3.20. The summed E-state index contributed by atoms with van der Waals surface area (Å²) < 4.78 is 10.1. The highest BCUT2D eigenvalue weighted by Gasteiger charge is 2.37. The van der Waals surface area contributed by atoms with Gasteiger partial charge in [0, 0.05) is 24.6 Å². The van der Waals surface area contributed by atoms with Gasteiger partial charge >= 0.3 is 5.97 Å². The fourth-order valence-corrected chi connectivity index (χ4v) is 3.18. The van der Waals surface area contributed by atoms with Crippen molar-refractivity contribution >= 4 is 35.1 Å². The molecule has 0 aromatic heterocycles. The number of nitrogens with zero attached hydrogens (tertiary/aromatic N) is 2. The zero-order valence-electron chi connectivity index (χ0n) is 17.5. The van der Waals surface area contributed by atoms with Crippen LogP contribution in [0.5, 0.6) is 5.75 Å². The van der Waals surface area contributed by atoms with Gasteiger partial charge in [-0.15, -0.1) is 0 Å². The molecule has 12 nitrogen and oxygen atoms in total. The number of esters is 1. The van der Waals surface area contributed by atoms with E-state index in [9.17, 15) is 29.3 Å².